The van der Waals surface area contributed by atoms with Gasteiger partial charge in [0.2, 0.25) is 5.89 Å². The summed E-state index contributed by atoms with van der Waals surface area (Å²) in [5.41, 5.74) is 2.24. The molecule has 38 heavy (non-hydrogen) atoms. The molecule has 0 radical (unpaired) electrons. The van der Waals surface area contributed by atoms with E-state index >= 15 is 0 Å². The van der Waals surface area contributed by atoms with Crippen molar-refractivity contribution in [1.82, 2.24) is 15.1 Å². The van der Waals surface area contributed by atoms with Crippen LogP contribution >= 0.6 is 12.4 Å². The molecular formula is C31H34ClN3O3. The lowest BCUT2D eigenvalue weighted by Gasteiger charge is -2.32. The van der Waals surface area contributed by atoms with Gasteiger partial charge in [0.1, 0.15) is 11.3 Å². The second-order valence-electron chi connectivity index (χ2n) is 10.3. The van der Waals surface area contributed by atoms with Crippen LogP contribution in [0.25, 0.3) is 33.4 Å². The van der Waals surface area contributed by atoms with Crippen LogP contribution in [-0.4, -0.2) is 41.3 Å². The molecular weight excluding hydrogens is 498 g/mol. The fourth-order valence-electron chi connectivity index (χ4n) is 5.25. The number of furan rings is 1. The van der Waals surface area contributed by atoms with Gasteiger partial charge in [-0.05, 0) is 66.7 Å². The predicted molar refractivity (Wildman–Crippen MR) is 153 cm³/mol. The number of nitrogens with zero attached hydrogens (tertiary/aromatic N) is 3. The number of ether oxygens (including phenoxy) is 1. The molecule has 3 heterocycles. The molecule has 0 unspecified atom stereocenters. The number of hydrogen-bond donors (Lipinski definition) is 0. The molecule has 1 aliphatic rings. The first-order chi connectivity index (χ1) is 18.1. The molecule has 5 aromatic rings. The second kappa shape index (κ2) is 11.6. The lowest BCUT2D eigenvalue weighted by atomic mass is 9.88. The number of piperidine rings is 1. The molecule has 6 nitrogen and oxygen atoms in total. The first-order valence-corrected chi connectivity index (χ1v) is 13.3. The monoisotopic (exact) mass is 531 g/mol. The third-order valence-electron chi connectivity index (χ3n) is 7.38. The van der Waals surface area contributed by atoms with Crippen LogP contribution in [0.3, 0.4) is 0 Å². The van der Waals surface area contributed by atoms with Gasteiger partial charge in [-0.3, -0.25) is 0 Å². The molecule has 0 atom stereocenters. The highest BCUT2D eigenvalue weighted by atomic mass is 35.5. The van der Waals surface area contributed by atoms with Gasteiger partial charge in [0.25, 0.3) is 5.89 Å². The summed E-state index contributed by atoms with van der Waals surface area (Å²) in [6, 6.07) is 23.4. The highest BCUT2D eigenvalue weighted by Crippen LogP contribution is 2.34. The van der Waals surface area contributed by atoms with Gasteiger partial charge < -0.3 is 18.5 Å². The van der Waals surface area contributed by atoms with Crippen molar-refractivity contribution in [1.29, 1.82) is 0 Å². The number of benzene rings is 3. The zero-order valence-electron chi connectivity index (χ0n) is 21.9. The molecule has 6 rings (SSSR count). The van der Waals surface area contributed by atoms with Crippen LogP contribution in [0.5, 0.6) is 5.75 Å². The van der Waals surface area contributed by atoms with E-state index in [1.807, 2.05) is 38.1 Å². The fourth-order valence-corrected chi connectivity index (χ4v) is 5.25. The minimum Gasteiger partial charge on any atom is -0.493 e. The summed E-state index contributed by atoms with van der Waals surface area (Å²) in [7, 11) is 0. The summed E-state index contributed by atoms with van der Waals surface area (Å²) in [5, 5.41) is 11.8. The van der Waals surface area contributed by atoms with E-state index in [9.17, 15) is 0 Å². The van der Waals surface area contributed by atoms with Gasteiger partial charge in [0.05, 0.1) is 12.0 Å². The third-order valence-corrected chi connectivity index (χ3v) is 7.38. The van der Waals surface area contributed by atoms with E-state index in [2.05, 4.69) is 57.6 Å². The smallest absolute Gasteiger partial charge is 0.283 e. The Bertz CT molecular complexity index is 1500. The van der Waals surface area contributed by atoms with Gasteiger partial charge in [-0.25, -0.2) is 0 Å². The maximum absolute atomic E-state index is 6.18. The zero-order chi connectivity index (χ0) is 25.2. The van der Waals surface area contributed by atoms with Crippen LogP contribution in [0.4, 0.5) is 0 Å². The summed E-state index contributed by atoms with van der Waals surface area (Å²) in [6.45, 7) is 8.05. The molecule has 7 heteroatoms. The summed E-state index contributed by atoms with van der Waals surface area (Å²) in [4.78, 5) is 2.57. The van der Waals surface area contributed by atoms with Crippen molar-refractivity contribution in [2.75, 3.05) is 26.2 Å². The fraction of sp³-hybridized carbons (Fsp3) is 0.355. The van der Waals surface area contributed by atoms with Gasteiger partial charge >= 0.3 is 0 Å². The van der Waals surface area contributed by atoms with E-state index in [0.717, 1.165) is 42.8 Å². The standard InChI is InChI=1S/C31H33N3O3.ClH/c1-21(2)30-32-33-31(37-30)29-20-26-27(9-5-10-28(26)36-29)35-18-6-15-34-16-13-23(14-17-34)25-12-11-22-7-3-4-8-24(22)19-25;/h3-5,7-12,19-21,23H,6,13-18H2,1-2H3;1H. The number of fused-ring (bicyclic) bond motifs is 2. The van der Waals surface area contributed by atoms with Gasteiger partial charge in [-0.15, -0.1) is 22.6 Å². The molecule has 0 aliphatic carbocycles. The van der Waals surface area contributed by atoms with Gasteiger partial charge in [0, 0.05) is 18.5 Å². The number of halogens is 1. The molecule has 198 valence electrons. The third kappa shape index (κ3) is 5.57. The van der Waals surface area contributed by atoms with E-state index in [1.54, 1.807) is 0 Å². The lowest BCUT2D eigenvalue weighted by Crippen LogP contribution is -2.34. The maximum atomic E-state index is 6.18. The van der Waals surface area contributed by atoms with Crippen molar-refractivity contribution < 1.29 is 13.6 Å². The average molecular weight is 532 g/mol. The topological polar surface area (TPSA) is 64.5 Å². The van der Waals surface area contributed by atoms with Crippen molar-refractivity contribution in [3.05, 3.63) is 78.2 Å². The van der Waals surface area contributed by atoms with Crippen molar-refractivity contribution in [3.8, 4) is 17.4 Å². The van der Waals surface area contributed by atoms with E-state index in [0.29, 0.717) is 30.1 Å². The lowest BCUT2D eigenvalue weighted by molar-refractivity contribution is 0.193. The first kappa shape index (κ1) is 26.3. The Balaban J connectivity index is 0.00000294. The minimum absolute atomic E-state index is 0. The van der Waals surface area contributed by atoms with Crippen LogP contribution in [0.1, 0.15) is 56.4 Å². The molecule has 0 saturated carbocycles. The Kier molecular flexibility index (Phi) is 8.01. The summed E-state index contributed by atoms with van der Waals surface area (Å²) in [5.74, 6) is 3.23. The summed E-state index contributed by atoms with van der Waals surface area (Å²) in [6.07, 6.45) is 3.41. The number of hydrogen-bond acceptors (Lipinski definition) is 6. The maximum Gasteiger partial charge on any atom is 0.283 e. The Hall–Kier alpha value is -3.35. The Labute approximate surface area is 229 Å². The number of likely N-dealkylation sites (tertiary alicyclic amines) is 1. The highest BCUT2D eigenvalue weighted by molar-refractivity contribution is 5.87. The van der Waals surface area contributed by atoms with Crippen LogP contribution in [0.15, 0.2) is 75.6 Å². The second-order valence-corrected chi connectivity index (χ2v) is 10.3. The minimum atomic E-state index is 0. The largest absolute Gasteiger partial charge is 0.493 e. The number of rotatable bonds is 8. The van der Waals surface area contributed by atoms with Gasteiger partial charge in [-0.2, -0.15) is 0 Å². The van der Waals surface area contributed by atoms with Crippen molar-refractivity contribution in [3.63, 3.8) is 0 Å². The molecule has 1 aliphatic heterocycles. The van der Waals surface area contributed by atoms with Crippen LogP contribution in [0, 0.1) is 0 Å². The van der Waals surface area contributed by atoms with Crippen molar-refractivity contribution >= 4 is 34.1 Å². The molecule has 0 N–H and O–H groups in total. The van der Waals surface area contributed by atoms with Gasteiger partial charge in [-0.1, -0.05) is 62.4 Å². The van der Waals surface area contributed by atoms with Crippen molar-refractivity contribution in [2.45, 2.75) is 44.9 Å². The molecule has 0 spiro atoms. The predicted octanol–water partition coefficient (Wildman–Crippen LogP) is 7.83. The SMILES string of the molecule is CC(C)c1nnc(-c2cc3c(OCCCN4CCC(c5ccc6ccccc6c5)CC4)cccc3o2)o1.Cl. The van der Waals surface area contributed by atoms with E-state index in [-0.39, 0.29) is 18.3 Å². The van der Waals surface area contributed by atoms with E-state index in [4.69, 9.17) is 13.6 Å². The first-order valence-electron chi connectivity index (χ1n) is 13.3. The normalized spacial score (nSPS) is 14.8. The average Bonchev–Trinajstić information content (AvgIpc) is 3.59. The Morgan fingerprint density at radius 1 is 0.921 bits per heavy atom. The molecule has 0 amide bonds. The van der Waals surface area contributed by atoms with E-state index in [1.165, 1.54) is 29.2 Å². The quantitative estimate of drug-likeness (QED) is 0.190. The number of aromatic nitrogens is 2. The molecule has 3 aromatic carbocycles. The molecule has 1 saturated heterocycles. The van der Waals surface area contributed by atoms with Gasteiger partial charge in [0.15, 0.2) is 5.76 Å². The summed E-state index contributed by atoms with van der Waals surface area (Å²) >= 11 is 0. The van der Waals surface area contributed by atoms with Crippen LogP contribution in [-0.2, 0) is 0 Å². The Morgan fingerprint density at radius 3 is 2.53 bits per heavy atom. The highest BCUT2D eigenvalue weighted by Gasteiger charge is 2.21. The Morgan fingerprint density at radius 2 is 1.74 bits per heavy atom. The zero-order valence-corrected chi connectivity index (χ0v) is 22.7. The molecule has 1 fully saturated rings. The van der Waals surface area contributed by atoms with Crippen LogP contribution < -0.4 is 4.74 Å². The summed E-state index contributed by atoms with van der Waals surface area (Å²) < 4.78 is 17.9. The van der Waals surface area contributed by atoms with Crippen molar-refractivity contribution in [2.24, 2.45) is 0 Å². The van der Waals surface area contributed by atoms with E-state index < -0.39 is 0 Å². The molecule has 2 aromatic heterocycles. The van der Waals surface area contributed by atoms with Crippen LogP contribution in [0.2, 0.25) is 0 Å². The molecule has 0 bridgehead atoms.